The molecule has 4 N–H and O–H groups in total. The van der Waals surface area contributed by atoms with Crippen molar-refractivity contribution in [3.05, 3.63) is 82.9 Å². The summed E-state index contributed by atoms with van der Waals surface area (Å²) in [5.41, 5.74) is 1.63. The molecule has 0 aromatic heterocycles. The highest BCUT2D eigenvalue weighted by Crippen LogP contribution is 2.34. The Hall–Kier alpha value is -6.08. The number of aliphatic hydroxyl groups is 1. The molecule has 2 atom stereocenters. The van der Waals surface area contributed by atoms with Crippen LogP contribution in [0.25, 0.3) is 0 Å². The summed E-state index contributed by atoms with van der Waals surface area (Å²) in [7, 11) is 3.16. The van der Waals surface area contributed by atoms with Crippen molar-refractivity contribution >= 4 is 35.4 Å². The van der Waals surface area contributed by atoms with E-state index in [1.807, 2.05) is 24.3 Å². The monoisotopic (exact) mass is 862 g/mol. The smallest absolute Gasteiger partial charge is 0.266 e. The summed E-state index contributed by atoms with van der Waals surface area (Å²) in [5, 5.41) is 18.6. The van der Waals surface area contributed by atoms with Gasteiger partial charge in [0.15, 0.2) is 24.7 Å². The van der Waals surface area contributed by atoms with Crippen LogP contribution in [0.2, 0.25) is 0 Å². The number of nitrogens with one attached hydrogen (secondary N) is 3. The molecule has 1 saturated heterocycles. The van der Waals surface area contributed by atoms with Gasteiger partial charge >= 0.3 is 0 Å². The van der Waals surface area contributed by atoms with Gasteiger partial charge in [0.1, 0.15) is 17.5 Å². The molecule has 0 radical (unpaired) electrons. The molecule has 0 saturated carbocycles. The first-order valence-electron chi connectivity index (χ1n) is 20.5. The van der Waals surface area contributed by atoms with Gasteiger partial charge in [-0.05, 0) is 68.0 Å². The molecule has 62 heavy (non-hydrogen) atoms. The van der Waals surface area contributed by atoms with E-state index < -0.39 is 48.3 Å². The van der Waals surface area contributed by atoms with Gasteiger partial charge in [-0.3, -0.25) is 39.0 Å². The number of nitrogens with zero attached hydrogens (tertiary/aromatic N) is 1. The summed E-state index contributed by atoms with van der Waals surface area (Å²) < 4.78 is 38.6. The van der Waals surface area contributed by atoms with Crippen LogP contribution in [0.1, 0.15) is 70.1 Å². The van der Waals surface area contributed by atoms with Crippen molar-refractivity contribution in [2.75, 3.05) is 80.2 Å². The van der Waals surface area contributed by atoms with E-state index in [0.717, 1.165) is 10.5 Å². The Morgan fingerprint density at radius 2 is 1.35 bits per heavy atom. The van der Waals surface area contributed by atoms with Gasteiger partial charge in [-0.25, -0.2) is 0 Å². The average Bonchev–Trinajstić information content (AvgIpc) is 3.53. The van der Waals surface area contributed by atoms with Crippen LogP contribution < -0.4 is 34.9 Å². The summed E-state index contributed by atoms with van der Waals surface area (Å²) in [4.78, 5) is 75.6. The molecule has 2 aliphatic rings. The zero-order valence-corrected chi connectivity index (χ0v) is 34.9. The zero-order valence-electron chi connectivity index (χ0n) is 34.9. The number of amides is 6. The van der Waals surface area contributed by atoms with E-state index in [1.165, 1.54) is 18.2 Å². The van der Waals surface area contributed by atoms with E-state index in [0.29, 0.717) is 101 Å². The normalized spacial score (nSPS) is 15.1. The summed E-state index contributed by atoms with van der Waals surface area (Å²) in [5.74, 6) is -1.53. The SMILES string of the molecule is COc1ccc(CC[C@@H](O)c2ccccc2OCC(=O)NCCCOCCOCCOCCCNC(=O)COc2cccc3c2C(=O)N(C2CCC(=O)NC2=O)C3=O)cc1OC. The van der Waals surface area contributed by atoms with E-state index in [9.17, 15) is 33.9 Å². The van der Waals surface area contributed by atoms with Crippen LogP contribution in [0.4, 0.5) is 0 Å². The zero-order chi connectivity index (χ0) is 44.3. The molecule has 3 aromatic rings. The molecule has 2 heterocycles. The van der Waals surface area contributed by atoms with Crippen LogP contribution in [0, 0.1) is 0 Å². The Bertz CT molecular complexity index is 2030. The Morgan fingerprint density at radius 1 is 0.742 bits per heavy atom. The molecule has 0 aliphatic carbocycles. The van der Waals surface area contributed by atoms with Gasteiger partial charge in [0.2, 0.25) is 11.8 Å². The number of methoxy groups -OCH3 is 2. The third kappa shape index (κ3) is 13.5. The summed E-state index contributed by atoms with van der Waals surface area (Å²) in [6.07, 6.45) is 1.42. The predicted octanol–water partition coefficient (Wildman–Crippen LogP) is 2.29. The van der Waals surface area contributed by atoms with Crippen molar-refractivity contribution in [2.45, 2.75) is 50.7 Å². The van der Waals surface area contributed by atoms with E-state index in [2.05, 4.69) is 16.0 Å². The Labute approximate surface area is 359 Å². The van der Waals surface area contributed by atoms with Crippen LogP contribution in [-0.2, 0) is 39.8 Å². The fourth-order valence-corrected chi connectivity index (χ4v) is 6.72. The number of carbonyl (C=O) groups excluding carboxylic acids is 6. The quantitative estimate of drug-likeness (QED) is 0.0638. The topological polar surface area (TPSA) is 227 Å². The van der Waals surface area contributed by atoms with Gasteiger partial charge in [-0.2, -0.15) is 0 Å². The average molecular weight is 863 g/mol. The fourth-order valence-electron chi connectivity index (χ4n) is 6.72. The van der Waals surface area contributed by atoms with Crippen molar-refractivity contribution in [3.63, 3.8) is 0 Å². The lowest BCUT2D eigenvalue weighted by atomic mass is 10.0. The van der Waals surface area contributed by atoms with Crippen molar-refractivity contribution in [2.24, 2.45) is 0 Å². The Morgan fingerprint density at radius 3 is 2.00 bits per heavy atom. The number of ether oxygens (including phenoxy) is 7. The second kappa shape index (κ2) is 24.4. The van der Waals surface area contributed by atoms with Gasteiger partial charge in [0, 0.05) is 38.3 Å². The first kappa shape index (κ1) is 47.0. The lowest BCUT2D eigenvalue weighted by molar-refractivity contribution is -0.136. The number of para-hydroxylation sites is 1. The second-order valence-electron chi connectivity index (χ2n) is 14.2. The molecule has 0 bridgehead atoms. The Balaban J connectivity index is 0.838. The van der Waals surface area contributed by atoms with Gasteiger partial charge in [-0.15, -0.1) is 0 Å². The number of hydrogen-bond acceptors (Lipinski definition) is 14. The molecule has 5 rings (SSSR count). The molecule has 6 amide bonds. The highest BCUT2D eigenvalue weighted by Gasteiger charge is 2.46. The van der Waals surface area contributed by atoms with Gasteiger partial charge < -0.3 is 48.9 Å². The van der Waals surface area contributed by atoms with E-state index in [-0.39, 0.29) is 42.2 Å². The maximum absolute atomic E-state index is 13.2. The second-order valence-corrected chi connectivity index (χ2v) is 14.2. The molecular weight excluding hydrogens is 808 g/mol. The van der Waals surface area contributed by atoms with Crippen molar-refractivity contribution in [3.8, 4) is 23.0 Å². The molecule has 0 spiro atoms. The van der Waals surface area contributed by atoms with Crippen LogP contribution in [0.5, 0.6) is 23.0 Å². The lowest BCUT2D eigenvalue weighted by Gasteiger charge is -2.27. The van der Waals surface area contributed by atoms with Crippen LogP contribution in [0.3, 0.4) is 0 Å². The molecule has 1 fully saturated rings. The number of rotatable bonds is 27. The number of carbonyl (C=O) groups is 6. The lowest BCUT2D eigenvalue weighted by Crippen LogP contribution is -2.54. The highest BCUT2D eigenvalue weighted by atomic mass is 16.5. The maximum atomic E-state index is 13.2. The minimum atomic E-state index is -1.11. The third-order valence-corrected chi connectivity index (χ3v) is 9.90. The van der Waals surface area contributed by atoms with E-state index >= 15 is 0 Å². The highest BCUT2D eigenvalue weighted by molar-refractivity contribution is 6.24. The Kier molecular flexibility index (Phi) is 18.5. The van der Waals surface area contributed by atoms with Crippen LogP contribution in [0.15, 0.2) is 60.7 Å². The molecule has 18 heteroatoms. The van der Waals surface area contributed by atoms with E-state index in [4.69, 9.17) is 33.2 Å². The number of hydrogen-bond donors (Lipinski definition) is 4. The number of benzene rings is 3. The summed E-state index contributed by atoms with van der Waals surface area (Å²) in [6.45, 7) is 2.42. The number of piperidine rings is 1. The largest absolute Gasteiger partial charge is 0.493 e. The van der Waals surface area contributed by atoms with Crippen molar-refractivity contribution < 1.29 is 67.0 Å². The molecule has 334 valence electrons. The number of aliphatic hydroxyl groups excluding tert-OH is 1. The minimum absolute atomic E-state index is 0.00560. The minimum Gasteiger partial charge on any atom is -0.493 e. The number of imide groups is 2. The molecule has 2 aliphatic heterocycles. The van der Waals surface area contributed by atoms with Crippen LogP contribution in [-0.4, -0.2) is 132 Å². The summed E-state index contributed by atoms with van der Waals surface area (Å²) >= 11 is 0. The number of aryl methyl sites for hydroxylation is 1. The first-order valence-corrected chi connectivity index (χ1v) is 20.5. The van der Waals surface area contributed by atoms with Crippen LogP contribution >= 0.6 is 0 Å². The van der Waals surface area contributed by atoms with Crippen molar-refractivity contribution in [1.29, 1.82) is 0 Å². The van der Waals surface area contributed by atoms with Gasteiger partial charge in [0.05, 0.1) is 57.9 Å². The van der Waals surface area contributed by atoms with E-state index in [1.54, 1.807) is 32.4 Å². The third-order valence-electron chi connectivity index (χ3n) is 9.90. The summed E-state index contributed by atoms with van der Waals surface area (Å²) in [6, 6.07) is 16.1. The molecule has 3 aromatic carbocycles. The molecule has 1 unspecified atom stereocenters. The molecular formula is C44H54N4O14. The predicted molar refractivity (Wildman–Crippen MR) is 221 cm³/mol. The molecule has 18 nitrogen and oxygen atoms in total. The van der Waals surface area contributed by atoms with Crippen molar-refractivity contribution in [1.82, 2.24) is 20.9 Å². The standard InChI is InChI=1S/C44H54N4O14/c1-56-35-16-13-29(26-37(35)57-2)12-15-33(49)30-8-3-4-10-34(30)61-27-39(51)45-18-6-20-58-22-24-60-25-23-59-21-7-19-46-40(52)28-62-36-11-5-9-31-41(36)44(55)48(43(31)54)32-14-17-38(50)47-42(32)53/h3-5,8-11,13,16,26,32-33,49H,6-7,12,14-15,17-25,27-28H2,1-2H3,(H,45,51)(H,46,52)(H,47,50,53)/t32?,33-/m1/s1. The van der Waals surface area contributed by atoms with Gasteiger partial charge in [-0.1, -0.05) is 30.3 Å². The first-order chi connectivity index (χ1) is 30.1. The number of fused-ring (bicyclic) bond motifs is 1. The van der Waals surface area contributed by atoms with Gasteiger partial charge in [0.25, 0.3) is 23.6 Å². The fraction of sp³-hybridized carbons (Fsp3) is 0.455. The maximum Gasteiger partial charge on any atom is 0.266 e.